The van der Waals surface area contributed by atoms with Gasteiger partial charge in [0.25, 0.3) is 11.8 Å². The van der Waals surface area contributed by atoms with Crippen LogP contribution in [0.5, 0.6) is 0 Å². The SMILES string of the molecule is CCOC(=O)n1nc(NC(=O)c2ccc(N3CCC(F)CC3)cc2)c2c1CN(C(=O)[C@H](OC)c1ccccc1)C2. The molecule has 5 rings (SSSR count). The minimum atomic E-state index is -0.818. The van der Waals surface area contributed by atoms with Crippen LogP contribution in [0, 0.1) is 0 Å². The minimum Gasteiger partial charge on any atom is -0.448 e. The first-order valence-electron chi connectivity index (χ1n) is 13.3. The summed E-state index contributed by atoms with van der Waals surface area (Å²) >= 11 is 0. The lowest BCUT2D eigenvalue weighted by atomic mass is 10.1. The van der Waals surface area contributed by atoms with Gasteiger partial charge in [0, 0.05) is 37.0 Å². The number of methoxy groups -OCH3 is 1. The Bertz CT molecular complexity index is 1370. The van der Waals surface area contributed by atoms with Crippen LogP contribution in [0.2, 0.25) is 0 Å². The Morgan fingerprint density at radius 1 is 1.05 bits per heavy atom. The quantitative estimate of drug-likeness (QED) is 0.468. The second-order valence-electron chi connectivity index (χ2n) is 9.77. The molecule has 0 unspecified atom stereocenters. The minimum absolute atomic E-state index is 0.104. The van der Waals surface area contributed by atoms with Gasteiger partial charge in [0.15, 0.2) is 11.9 Å². The number of halogens is 1. The number of amides is 2. The molecule has 40 heavy (non-hydrogen) atoms. The molecule has 2 aliphatic rings. The van der Waals surface area contributed by atoms with Gasteiger partial charge in [-0.05, 0) is 49.6 Å². The van der Waals surface area contributed by atoms with Crippen LogP contribution in [-0.2, 0) is 27.4 Å². The third-order valence-corrected chi connectivity index (χ3v) is 7.25. The van der Waals surface area contributed by atoms with E-state index in [9.17, 15) is 18.8 Å². The second-order valence-corrected chi connectivity index (χ2v) is 9.77. The van der Waals surface area contributed by atoms with Crippen molar-refractivity contribution < 1.29 is 28.2 Å². The van der Waals surface area contributed by atoms with Gasteiger partial charge in [-0.1, -0.05) is 30.3 Å². The normalized spacial score (nSPS) is 16.0. The van der Waals surface area contributed by atoms with Crippen molar-refractivity contribution in [2.75, 3.05) is 37.0 Å². The molecule has 210 valence electrons. The van der Waals surface area contributed by atoms with Gasteiger partial charge in [0.1, 0.15) is 6.17 Å². The van der Waals surface area contributed by atoms with E-state index in [1.54, 1.807) is 24.0 Å². The number of hydrogen-bond acceptors (Lipinski definition) is 7. The zero-order valence-corrected chi connectivity index (χ0v) is 22.5. The Balaban J connectivity index is 1.35. The highest BCUT2D eigenvalue weighted by molar-refractivity contribution is 6.04. The molecule has 1 N–H and O–H groups in total. The number of piperidine rings is 1. The van der Waals surface area contributed by atoms with Gasteiger partial charge in [-0.2, -0.15) is 4.68 Å². The summed E-state index contributed by atoms with van der Waals surface area (Å²) in [7, 11) is 1.47. The number of carbonyl (C=O) groups is 3. The molecule has 3 aromatic rings. The van der Waals surface area contributed by atoms with Crippen molar-refractivity contribution >= 4 is 29.4 Å². The number of nitrogens with one attached hydrogen (secondary N) is 1. The molecular formula is C29H32FN5O5. The third kappa shape index (κ3) is 5.55. The average molecular weight is 550 g/mol. The van der Waals surface area contributed by atoms with Gasteiger partial charge < -0.3 is 24.6 Å². The van der Waals surface area contributed by atoms with Gasteiger partial charge in [0.05, 0.1) is 25.4 Å². The van der Waals surface area contributed by atoms with Crippen LogP contribution in [0.15, 0.2) is 54.6 Å². The summed E-state index contributed by atoms with van der Waals surface area (Å²) in [6.07, 6.45) is -1.29. The molecule has 3 heterocycles. The van der Waals surface area contributed by atoms with E-state index < -0.39 is 24.3 Å². The zero-order chi connectivity index (χ0) is 28.2. The number of carbonyl (C=O) groups excluding carboxylic acids is 3. The second kappa shape index (κ2) is 11.9. The Morgan fingerprint density at radius 2 is 1.75 bits per heavy atom. The van der Waals surface area contributed by atoms with Gasteiger partial charge >= 0.3 is 6.09 Å². The molecule has 0 saturated carbocycles. The fraction of sp³-hybridized carbons (Fsp3) is 0.379. The van der Waals surface area contributed by atoms with Crippen molar-refractivity contribution in [3.63, 3.8) is 0 Å². The number of anilines is 2. The molecule has 2 aromatic carbocycles. The Labute approximate surface area is 231 Å². The molecule has 2 amide bonds. The molecule has 1 atom stereocenters. The van der Waals surface area contributed by atoms with Gasteiger partial charge in [-0.25, -0.2) is 9.18 Å². The number of hydrogen-bond donors (Lipinski definition) is 1. The highest BCUT2D eigenvalue weighted by Crippen LogP contribution is 2.33. The number of aromatic nitrogens is 2. The van der Waals surface area contributed by atoms with Crippen LogP contribution in [0.1, 0.15) is 53.0 Å². The fourth-order valence-electron chi connectivity index (χ4n) is 5.12. The lowest BCUT2D eigenvalue weighted by molar-refractivity contribution is -0.143. The van der Waals surface area contributed by atoms with Gasteiger partial charge in [-0.15, -0.1) is 5.10 Å². The summed E-state index contributed by atoms with van der Waals surface area (Å²) in [5.74, 6) is -0.495. The molecule has 0 radical (unpaired) electrons. The van der Waals surface area contributed by atoms with Gasteiger partial charge in [0.2, 0.25) is 0 Å². The first-order valence-corrected chi connectivity index (χ1v) is 13.3. The summed E-state index contributed by atoms with van der Waals surface area (Å²) in [4.78, 5) is 42.9. The van der Waals surface area contributed by atoms with Crippen LogP contribution < -0.4 is 10.2 Å². The summed E-state index contributed by atoms with van der Waals surface area (Å²) < 4.78 is 25.3. The molecule has 2 aliphatic heterocycles. The van der Waals surface area contributed by atoms with Crippen LogP contribution >= 0.6 is 0 Å². The van der Waals surface area contributed by atoms with E-state index in [1.807, 2.05) is 42.5 Å². The molecule has 10 nitrogen and oxygen atoms in total. The number of fused-ring (bicyclic) bond motifs is 1. The predicted octanol–water partition coefficient (Wildman–Crippen LogP) is 4.31. The number of benzene rings is 2. The van der Waals surface area contributed by atoms with E-state index in [4.69, 9.17) is 9.47 Å². The van der Waals surface area contributed by atoms with E-state index >= 15 is 0 Å². The van der Waals surface area contributed by atoms with Crippen LogP contribution in [0.3, 0.4) is 0 Å². The Hall–Kier alpha value is -4.25. The van der Waals surface area contributed by atoms with Crippen molar-refractivity contribution in [3.8, 4) is 0 Å². The maximum Gasteiger partial charge on any atom is 0.435 e. The van der Waals surface area contributed by atoms with E-state index in [2.05, 4.69) is 15.3 Å². The summed E-state index contributed by atoms with van der Waals surface area (Å²) in [5.41, 5.74) is 3.07. The summed E-state index contributed by atoms with van der Waals surface area (Å²) in [5, 5.41) is 7.13. The van der Waals surface area contributed by atoms with Crippen LogP contribution in [-0.4, -0.2) is 65.6 Å². The lowest BCUT2D eigenvalue weighted by Crippen LogP contribution is -2.34. The van der Waals surface area contributed by atoms with E-state index in [0.717, 1.165) is 10.4 Å². The number of ether oxygens (including phenoxy) is 2. The number of rotatable bonds is 7. The van der Waals surface area contributed by atoms with Crippen molar-refractivity contribution in [3.05, 3.63) is 77.0 Å². The number of alkyl halides is 1. The highest BCUT2D eigenvalue weighted by Gasteiger charge is 2.36. The van der Waals surface area contributed by atoms with E-state index in [1.165, 1.54) is 7.11 Å². The fourth-order valence-corrected chi connectivity index (χ4v) is 5.12. The summed E-state index contributed by atoms with van der Waals surface area (Å²) in [6, 6.07) is 16.2. The Kier molecular flexibility index (Phi) is 8.11. The molecular weight excluding hydrogens is 517 g/mol. The molecule has 0 aliphatic carbocycles. The maximum atomic E-state index is 13.5. The zero-order valence-electron chi connectivity index (χ0n) is 22.5. The lowest BCUT2D eigenvalue weighted by Gasteiger charge is -2.30. The predicted molar refractivity (Wildman–Crippen MR) is 146 cm³/mol. The average Bonchev–Trinajstić information content (AvgIpc) is 3.55. The third-order valence-electron chi connectivity index (χ3n) is 7.25. The first-order chi connectivity index (χ1) is 19.4. The molecule has 11 heteroatoms. The van der Waals surface area contributed by atoms with Crippen molar-refractivity contribution in [2.45, 2.75) is 45.1 Å². The summed E-state index contributed by atoms with van der Waals surface area (Å²) in [6.45, 7) is 3.34. The van der Waals surface area contributed by atoms with Gasteiger partial charge in [-0.3, -0.25) is 9.59 Å². The van der Waals surface area contributed by atoms with Crippen molar-refractivity contribution in [1.82, 2.24) is 14.7 Å². The van der Waals surface area contributed by atoms with Crippen molar-refractivity contribution in [1.29, 1.82) is 0 Å². The monoisotopic (exact) mass is 549 g/mol. The topological polar surface area (TPSA) is 106 Å². The maximum absolute atomic E-state index is 13.5. The highest BCUT2D eigenvalue weighted by atomic mass is 19.1. The standard InChI is InChI=1S/C29H32FN5O5/c1-3-40-29(38)35-24-18-34(28(37)25(39-2)19-7-5-4-6-8-19)17-23(24)26(32-35)31-27(36)20-9-11-22(12-10-20)33-15-13-21(30)14-16-33/h4-12,21,25H,3,13-18H2,1-2H3,(H,31,32,36)/t25-/m1/s1. The van der Waals surface area contributed by atoms with Crippen molar-refractivity contribution in [2.24, 2.45) is 0 Å². The first kappa shape index (κ1) is 27.3. The number of nitrogens with zero attached hydrogens (tertiary/aromatic N) is 4. The smallest absolute Gasteiger partial charge is 0.435 e. The van der Waals surface area contributed by atoms with Crippen LogP contribution in [0.25, 0.3) is 0 Å². The molecule has 1 aromatic heterocycles. The van der Waals surface area contributed by atoms with Crippen LogP contribution in [0.4, 0.5) is 20.7 Å². The molecule has 1 saturated heterocycles. The Morgan fingerprint density at radius 3 is 2.40 bits per heavy atom. The van der Waals surface area contributed by atoms with E-state index in [0.29, 0.717) is 48.3 Å². The molecule has 0 bridgehead atoms. The van der Waals surface area contributed by atoms with E-state index in [-0.39, 0.29) is 31.4 Å². The molecule has 0 spiro atoms. The largest absolute Gasteiger partial charge is 0.448 e. The molecule has 1 fully saturated rings.